The number of anilines is 2. The Bertz CT molecular complexity index is 1610. The van der Waals surface area contributed by atoms with Crippen LogP contribution in [0, 0.1) is 0 Å². The van der Waals surface area contributed by atoms with E-state index in [0.29, 0.717) is 23.4 Å². The molecule has 1 heterocycles. The Kier molecular flexibility index (Phi) is 8.40. The van der Waals surface area contributed by atoms with Crippen molar-refractivity contribution in [2.75, 3.05) is 17.2 Å². The van der Waals surface area contributed by atoms with E-state index < -0.39 is 12.0 Å². The van der Waals surface area contributed by atoms with Crippen molar-refractivity contribution in [3.05, 3.63) is 120 Å². The predicted molar refractivity (Wildman–Crippen MR) is 159 cm³/mol. The lowest BCUT2D eigenvalue weighted by Crippen LogP contribution is -2.36. The minimum absolute atomic E-state index is 0.0484. The molecule has 5 aromatic rings. The highest BCUT2D eigenvalue weighted by Gasteiger charge is 2.20. The molecular weight excluding hydrogens is 518 g/mol. The number of rotatable bonds is 11. The van der Waals surface area contributed by atoms with Gasteiger partial charge < -0.3 is 25.5 Å². The van der Waals surface area contributed by atoms with Gasteiger partial charge in [-0.3, -0.25) is 14.4 Å². The normalized spacial score (nSPS) is 11.5. The molecule has 5 rings (SSSR count). The first-order chi connectivity index (χ1) is 19.9. The van der Waals surface area contributed by atoms with Crippen molar-refractivity contribution in [1.29, 1.82) is 0 Å². The van der Waals surface area contributed by atoms with Gasteiger partial charge in [0.05, 0.1) is 6.42 Å². The number of hydrogen-bond donors (Lipinski definition) is 4. The van der Waals surface area contributed by atoms with Crippen molar-refractivity contribution in [3.8, 4) is 11.3 Å². The van der Waals surface area contributed by atoms with Crippen LogP contribution in [-0.4, -0.2) is 35.5 Å². The lowest BCUT2D eigenvalue weighted by atomic mass is 10.0. The molecule has 4 aromatic carbocycles. The molecule has 8 heteroatoms. The Hall–Kier alpha value is -5.37. The van der Waals surface area contributed by atoms with Crippen molar-refractivity contribution in [2.24, 2.45) is 0 Å². The molecule has 0 radical (unpaired) electrons. The summed E-state index contributed by atoms with van der Waals surface area (Å²) in [7, 11) is 0. The highest BCUT2D eigenvalue weighted by Crippen LogP contribution is 2.28. The van der Waals surface area contributed by atoms with Gasteiger partial charge in [0.2, 0.25) is 5.91 Å². The zero-order valence-electron chi connectivity index (χ0n) is 22.2. The van der Waals surface area contributed by atoms with Crippen LogP contribution in [0.1, 0.15) is 22.3 Å². The Labute approximate surface area is 237 Å². The number of carbonyl (C=O) groups is 3. The zero-order chi connectivity index (χ0) is 28.6. The number of carbonyl (C=O) groups excluding carboxylic acids is 2. The monoisotopic (exact) mass is 547 g/mol. The van der Waals surface area contributed by atoms with Gasteiger partial charge in [0.1, 0.15) is 17.4 Å². The van der Waals surface area contributed by atoms with Crippen LogP contribution < -0.4 is 16.0 Å². The molecule has 0 unspecified atom stereocenters. The highest BCUT2D eigenvalue weighted by molar-refractivity contribution is 5.97. The van der Waals surface area contributed by atoms with E-state index in [-0.39, 0.29) is 24.8 Å². The molecule has 0 bridgehead atoms. The molecule has 1 atom stereocenters. The molecule has 8 nitrogen and oxygen atoms in total. The second-order valence-electron chi connectivity index (χ2n) is 9.58. The van der Waals surface area contributed by atoms with Gasteiger partial charge in [-0.05, 0) is 66.2 Å². The molecule has 2 amide bonds. The first-order valence-electron chi connectivity index (χ1n) is 13.2. The van der Waals surface area contributed by atoms with Crippen LogP contribution in [-0.2, 0) is 16.0 Å². The summed E-state index contributed by atoms with van der Waals surface area (Å²) < 4.78 is 5.95. The smallest absolute Gasteiger partial charge is 0.305 e. The van der Waals surface area contributed by atoms with E-state index in [9.17, 15) is 14.4 Å². The van der Waals surface area contributed by atoms with Crippen LogP contribution in [0.25, 0.3) is 22.3 Å². The van der Waals surface area contributed by atoms with Crippen molar-refractivity contribution in [2.45, 2.75) is 18.9 Å². The van der Waals surface area contributed by atoms with Gasteiger partial charge in [0.15, 0.2) is 0 Å². The third-order valence-corrected chi connectivity index (χ3v) is 6.57. The van der Waals surface area contributed by atoms with E-state index in [1.54, 1.807) is 24.3 Å². The number of benzene rings is 4. The minimum Gasteiger partial charge on any atom is -0.481 e. The third kappa shape index (κ3) is 7.19. The van der Waals surface area contributed by atoms with Gasteiger partial charge in [-0.2, -0.15) is 0 Å². The number of para-hydroxylation sites is 1. The van der Waals surface area contributed by atoms with Crippen LogP contribution in [0.4, 0.5) is 11.4 Å². The van der Waals surface area contributed by atoms with E-state index in [1.807, 2.05) is 84.9 Å². The number of fused-ring (bicyclic) bond motifs is 1. The lowest BCUT2D eigenvalue weighted by molar-refractivity contribution is -0.136. The van der Waals surface area contributed by atoms with Crippen LogP contribution in [0.15, 0.2) is 114 Å². The van der Waals surface area contributed by atoms with E-state index in [2.05, 4.69) is 16.0 Å². The van der Waals surface area contributed by atoms with Crippen molar-refractivity contribution in [1.82, 2.24) is 5.32 Å². The van der Waals surface area contributed by atoms with E-state index in [0.717, 1.165) is 27.9 Å². The quantitative estimate of drug-likeness (QED) is 0.162. The van der Waals surface area contributed by atoms with E-state index in [4.69, 9.17) is 9.52 Å². The second-order valence-corrected chi connectivity index (χ2v) is 9.58. The molecule has 0 aliphatic rings. The number of carboxylic acid groups (broad SMARTS) is 1. The average Bonchev–Trinajstić information content (AvgIpc) is 3.42. The molecule has 41 heavy (non-hydrogen) atoms. The van der Waals surface area contributed by atoms with Crippen LogP contribution >= 0.6 is 0 Å². The molecule has 0 spiro atoms. The van der Waals surface area contributed by atoms with Crippen molar-refractivity contribution in [3.63, 3.8) is 0 Å². The standard InChI is InChI=1S/C33H29N3O5/c37-31(38)18-19-34-32(39)24-12-16-26(17-13-24)35-28(20-22-6-2-1-3-7-22)33(40)36-27-14-10-23(11-15-27)30-21-25-8-4-5-9-29(25)41-30/h1-17,21,28,35H,18-20H2,(H,34,39)(H,36,40)(H,37,38)/t28-/m0/s1. The number of hydrogen-bond acceptors (Lipinski definition) is 5. The maximum absolute atomic E-state index is 13.4. The SMILES string of the molecule is O=C(O)CCNC(=O)c1ccc(N[C@@H](Cc2ccccc2)C(=O)Nc2ccc(-c3cc4ccccc4o3)cc2)cc1. The van der Waals surface area contributed by atoms with E-state index >= 15 is 0 Å². The first-order valence-corrected chi connectivity index (χ1v) is 13.2. The molecular formula is C33H29N3O5. The second kappa shape index (κ2) is 12.7. The topological polar surface area (TPSA) is 121 Å². The summed E-state index contributed by atoms with van der Waals surface area (Å²) in [6.45, 7) is 0.0484. The molecule has 0 aliphatic carbocycles. The number of nitrogens with one attached hydrogen (secondary N) is 3. The highest BCUT2D eigenvalue weighted by atomic mass is 16.4. The molecule has 0 saturated heterocycles. The van der Waals surface area contributed by atoms with Gasteiger partial charge in [0.25, 0.3) is 5.91 Å². The molecule has 0 saturated carbocycles. The fourth-order valence-electron chi connectivity index (χ4n) is 4.43. The average molecular weight is 548 g/mol. The van der Waals surface area contributed by atoms with Gasteiger partial charge in [0, 0.05) is 40.9 Å². The Morgan fingerprint density at radius 3 is 2.17 bits per heavy atom. The summed E-state index contributed by atoms with van der Waals surface area (Å²) >= 11 is 0. The summed E-state index contributed by atoms with van der Waals surface area (Å²) in [5.74, 6) is -0.787. The summed E-state index contributed by atoms with van der Waals surface area (Å²) in [4.78, 5) is 36.4. The van der Waals surface area contributed by atoms with Gasteiger partial charge in [-0.15, -0.1) is 0 Å². The third-order valence-electron chi connectivity index (χ3n) is 6.57. The maximum atomic E-state index is 13.4. The van der Waals surface area contributed by atoms with Gasteiger partial charge in [-0.1, -0.05) is 48.5 Å². The predicted octanol–water partition coefficient (Wildman–Crippen LogP) is 5.97. The molecule has 0 fully saturated rings. The van der Waals surface area contributed by atoms with E-state index in [1.165, 1.54) is 0 Å². The van der Waals surface area contributed by atoms with Crippen molar-refractivity contribution >= 4 is 40.1 Å². The maximum Gasteiger partial charge on any atom is 0.305 e. The zero-order valence-corrected chi connectivity index (χ0v) is 22.2. The Morgan fingerprint density at radius 1 is 0.780 bits per heavy atom. The van der Waals surface area contributed by atoms with Gasteiger partial charge >= 0.3 is 5.97 Å². The number of carboxylic acids is 1. The summed E-state index contributed by atoms with van der Waals surface area (Å²) in [6, 6.07) is 33.2. The summed E-state index contributed by atoms with van der Waals surface area (Å²) in [5.41, 5.74) is 4.45. The van der Waals surface area contributed by atoms with Crippen LogP contribution in [0.5, 0.6) is 0 Å². The van der Waals surface area contributed by atoms with Crippen LogP contribution in [0.3, 0.4) is 0 Å². The summed E-state index contributed by atoms with van der Waals surface area (Å²) in [6.07, 6.45) is 0.297. The molecule has 206 valence electrons. The fraction of sp³-hybridized carbons (Fsp3) is 0.121. The molecule has 1 aromatic heterocycles. The minimum atomic E-state index is -0.977. The Balaban J connectivity index is 1.27. The fourth-order valence-corrected chi connectivity index (χ4v) is 4.43. The Morgan fingerprint density at radius 2 is 1.46 bits per heavy atom. The lowest BCUT2D eigenvalue weighted by Gasteiger charge is -2.20. The number of amides is 2. The van der Waals surface area contributed by atoms with Crippen molar-refractivity contribution < 1.29 is 23.9 Å². The van der Waals surface area contributed by atoms with Gasteiger partial charge in [-0.25, -0.2) is 0 Å². The largest absolute Gasteiger partial charge is 0.481 e. The number of aliphatic carboxylic acids is 1. The number of furan rings is 1. The summed E-state index contributed by atoms with van der Waals surface area (Å²) in [5, 5.41) is 18.7. The molecule has 4 N–H and O–H groups in total. The first kappa shape index (κ1) is 27.2. The molecule has 0 aliphatic heterocycles. The van der Waals surface area contributed by atoms with Crippen LogP contribution in [0.2, 0.25) is 0 Å².